The Morgan fingerprint density at radius 1 is 1.06 bits per heavy atom. The quantitative estimate of drug-likeness (QED) is 0.404. The Morgan fingerprint density at radius 3 is 2.81 bits per heavy atom. The van der Waals surface area contributed by atoms with E-state index in [1.165, 1.54) is 42.8 Å². The number of benzene rings is 1. The molecule has 0 saturated carbocycles. The summed E-state index contributed by atoms with van der Waals surface area (Å²) in [6, 6.07) is 7.01. The van der Waals surface area contributed by atoms with E-state index in [-0.39, 0.29) is 0 Å². The van der Waals surface area contributed by atoms with Crippen LogP contribution in [-0.4, -0.2) is 11.6 Å². The van der Waals surface area contributed by atoms with Crippen molar-refractivity contribution in [2.75, 3.05) is 11.6 Å². The number of rotatable bonds is 6. The van der Waals surface area contributed by atoms with Gasteiger partial charge in [-0.1, -0.05) is 12.5 Å². The van der Waals surface area contributed by atoms with Gasteiger partial charge >= 0.3 is 0 Å². The predicted molar refractivity (Wildman–Crippen MR) is 73.8 cm³/mol. The highest BCUT2D eigenvalue weighted by atomic mass is 35.5. The molecule has 0 heterocycles. The topological polar surface area (TPSA) is 0 Å². The molecule has 1 aliphatic rings. The summed E-state index contributed by atoms with van der Waals surface area (Å²) < 4.78 is 0. The molecule has 2 heteroatoms. The van der Waals surface area contributed by atoms with Crippen LogP contribution in [0.3, 0.4) is 0 Å². The zero-order valence-electron chi connectivity index (χ0n) is 9.68. The number of aryl methyl sites for hydroxylation is 2. The number of alkyl halides is 1. The average molecular weight is 255 g/mol. The second-order valence-corrected chi connectivity index (χ2v) is 5.93. The monoisotopic (exact) mass is 254 g/mol. The van der Waals surface area contributed by atoms with Crippen LogP contribution in [0, 0.1) is 0 Å². The summed E-state index contributed by atoms with van der Waals surface area (Å²) in [5.74, 6) is 2.04. The summed E-state index contributed by atoms with van der Waals surface area (Å²) >= 11 is 7.65. The Hall–Kier alpha value is -0.140. The molecule has 88 valence electrons. The van der Waals surface area contributed by atoms with E-state index in [4.69, 9.17) is 11.6 Å². The fraction of sp³-hybridized carbons (Fsp3) is 0.571. The highest BCUT2D eigenvalue weighted by molar-refractivity contribution is 7.99. The van der Waals surface area contributed by atoms with E-state index in [0.29, 0.717) is 0 Å². The summed E-state index contributed by atoms with van der Waals surface area (Å²) in [5, 5.41) is 0. The first-order valence-corrected chi connectivity index (χ1v) is 7.73. The van der Waals surface area contributed by atoms with Crippen LogP contribution < -0.4 is 0 Å². The molecule has 2 rings (SSSR count). The molecule has 0 amide bonds. The fourth-order valence-electron chi connectivity index (χ4n) is 2.20. The van der Waals surface area contributed by atoms with Crippen LogP contribution in [0.2, 0.25) is 0 Å². The van der Waals surface area contributed by atoms with Crippen molar-refractivity contribution in [1.82, 2.24) is 0 Å². The van der Waals surface area contributed by atoms with E-state index in [1.54, 1.807) is 11.1 Å². The molecule has 0 spiro atoms. The molecule has 16 heavy (non-hydrogen) atoms. The first kappa shape index (κ1) is 12.3. The van der Waals surface area contributed by atoms with Gasteiger partial charge in [-0.3, -0.25) is 0 Å². The molecule has 0 saturated heterocycles. The second kappa shape index (κ2) is 6.56. The van der Waals surface area contributed by atoms with Crippen LogP contribution in [-0.2, 0) is 12.8 Å². The zero-order valence-corrected chi connectivity index (χ0v) is 11.2. The highest BCUT2D eigenvalue weighted by Gasteiger charge is 2.10. The fourth-order valence-corrected chi connectivity index (χ4v) is 3.36. The SMILES string of the molecule is ClCCCCCSc1ccc2c(c1)CCC2. The maximum absolute atomic E-state index is 5.65. The molecule has 0 unspecified atom stereocenters. The standard InChI is InChI=1S/C14H19ClS/c15-9-2-1-3-10-16-14-8-7-12-5-4-6-13(12)11-14/h7-8,11H,1-6,9-10H2. The lowest BCUT2D eigenvalue weighted by Crippen LogP contribution is -1.85. The molecule has 0 aromatic heterocycles. The number of thioether (sulfide) groups is 1. The Balaban J connectivity index is 1.77. The lowest BCUT2D eigenvalue weighted by molar-refractivity contribution is 0.783. The van der Waals surface area contributed by atoms with Gasteiger partial charge in [-0.2, -0.15) is 0 Å². The Kier molecular flexibility index (Phi) is 5.05. The van der Waals surface area contributed by atoms with E-state index in [1.807, 2.05) is 11.8 Å². The Bertz CT molecular complexity index is 336. The normalized spacial score (nSPS) is 14.1. The molecule has 0 bridgehead atoms. The lowest BCUT2D eigenvalue weighted by atomic mass is 10.1. The van der Waals surface area contributed by atoms with E-state index >= 15 is 0 Å². The molecular formula is C14H19ClS. The van der Waals surface area contributed by atoms with E-state index < -0.39 is 0 Å². The molecular weight excluding hydrogens is 236 g/mol. The van der Waals surface area contributed by atoms with Crippen molar-refractivity contribution in [1.29, 1.82) is 0 Å². The van der Waals surface area contributed by atoms with Gasteiger partial charge < -0.3 is 0 Å². The van der Waals surface area contributed by atoms with Gasteiger partial charge in [-0.25, -0.2) is 0 Å². The molecule has 1 aliphatic carbocycles. The van der Waals surface area contributed by atoms with Crippen LogP contribution in [0.25, 0.3) is 0 Å². The largest absolute Gasteiger partial charge is 0.127 e. The van der Waals surface area contributed by atoms with Gasteiger partial charge in [0.05, 0.1) is 0 Å². The van der Waals surface area contributed by atoms with Crippen molar-refractivity contribution in [3.63, 3.8) is 0 Å². The summed E-state index contributed by atoms with van der Waals surface area (Å²) in [4.78, 5) is 1.45. The van der Waals surface area contributed by atoms with Gasteiger partial charge in [-0.05, 0) is 61.1 Å². The summed E-state index contributed by atoms with van der Waals surface area (Å²) in [6.45, 7) is 0. The number of halogens is 1. The first-order valence-electron chi connectivity index (χ1n) is 6.21. The van der Waals surface area contributed by atoms with Crippen LogP contribution >= 0.6 is 23.4 Å². The van der Waals surface area contributed by atoms with Crippen LogP contribution in [0.15, 0.2) is 23.1 Å². The van der Waals surface area contributed by atoms with Gasteiger partial charge in [-0.15, -0.1) is 23.4 Å². The molecule has 0 aliphatic heterocycles. The second-order valence-electron chi connectivity index (χ2n) is 4.38. The summed E-state index contributed by atoms with van der Waals surface area (Å²) in [5.41, 5.74) is 3.16. The minimum atomic E-state index is 0.809. The molecule has 1 aromatic carbocycles. The van der Waals surface area contributed by atoms with Crippen LogP contribution in [0.1, 0.15) is 36.8 Å². The van der Waals surface area contributed by atoms with Crippen molar-refractivity contribution in [3.8, 4) is 0 Å². The van der Waals surface area contributed by atoms with Crippen molar-refractivity contribution in [2.45, 2.75) is 43.4 Å². The minimum absolute atomic E-state index is 0.809. The van der Waals surface area contributed by atoms with Gasteiger partial charge in [0.2, 0.25) is 0 Å². The maximum Gasteiger partial charge on any atom is 0.0223 e. The van der Waals surface area contributed by atoms with Gasteiger partial charge in [0.1, 0.15) is 0 Å². The highest BCUT2D eigenvalue weighted by Crippen LogP contribution is 2.28. The molecule has 0 atom stereocenters. The van der Waals surface area contributed by atoms with Gasteiger partial charge in [0.15, 0.2) is 0 Å². The van der Waals surface area contributed by atoms with E-state index in [9.17, 15) is 0 Å². The number of fused-ring (bicyclic) bond motifs is 1. The van der Waals surface area contributed by atoms with E-state index in [2.05, 4.69) is 18.2 Å². The van der Waals surface area contributed by atoms with Crippen molar-refractivity contribution in [2.24, 2.45) is 0 Å². The van der Waals surface area contributed by atoms with Gasteiger partial charge in [0, 0.05) is 10.8 Å². The van der Waals surface area contributed by atoms with Crippen molar-refractivity contribution in [3.05, 3.63) is 29.3 Å². The number of hydrogen-bond acceptors (Lipinski definition) is 1. The third kappa shape index (κ3) is 3.43. The average Bonchev–Trinajstić information content (AvgIpc) is 2.76. The Morgan fingerprint density at radius 2 is 1.94 bits per heavy atom. The van der Waals surface area contributed by atoms with E-state index in [0.717, 1.165) is 12.3 Å². The molecule has 0 fully saturated rings. The zero-order chi connectivity index (χ0) is 11.2. The maximum atomic E-state index is 5.65. The smallest absolute Gasteiger partial charge is 0.0223 e. The molecule has 0 radical (unpaired) electrons. The predicted octanol–water partition coefficient (Wildman–Crippen LogP) is 4.68. The third-order valence-electron chi connectivity index (χ3n) is 3.12. The minimum Gasteiger partial charge on any atom is -0.127 e. The number of hydrogen-bond donors (Lipinski definition) is 0. The Labute approximate surface area is 108 Å². The molecule has 0 N–H and O–H groups in total. The third-order valence-corrected chi connectivity index (χ3v) is 4.46. The van der Waals surface area contributed by atoms with Crippen LogP contribution in [0.5, 0.6) is 0 Å². The van der Waals surface area contributed by atoms with Crippen molar-refractivity contribution >= 4 is 23.4 Å². The summed E-state index contributed by atoms with van der Waals surface area (Å²) in [6.07, 6.45) is 7.63. The lowest BCUT2D eigenvalue weighted by Gasteiger charge is -2.04. The van der Waals surface area contributed by atoms with Crippen molar-refractivity contribution < 1.29 is 0 Å². The summed E-state index contributed by atoms with van der Waals surface area (Å²) in [7, 11) is 0. The molecule has 1 aromatic rings. The first-order chi connectivity index (χ1) is 7.90. The number of unbranched alkanes of at least 4 members (excludes halogenated alkanes) is 2. The molecule has 0 nitrogen and oxygen atoms in total. The van der Waals surface area contributed by atoms with Crippen LogP contribution in [0.4, 0.5) is 0 Å². The van der Waals surface area contributed by atoms with Gasteiger partial charge in [0.25, 0.3) is 0 Å².